The Morgan fingerprint density at radius 3 is 2.81 bits per heavy atom. The van der Waals surface area contributed by atoms with Crippen molar-refractivity contribution in [3.05, 3.63) is 51.5 Å². The van der Waals surface area contributed by atoms with E-state index in [9.17, 15) is 9.59 Å². The lowest BCUT2D eigenvalue weighted by Gasteiger charge is -2.32. The van der Waals surface area contributed by atoms with Gasteiger partial charge in [0.25, 0.3) is 5.91 Å². The molecule has 27 heavy (non-hydrogen) atoms. The fourth-order valence-corrected chi connectivity index (χ4v) is 4.30. The summed E-state index contributed by atoms with van der Waals surface area (Å²) in [6, 6.07) is 7.79. The number of benzene rings is 1. The number of nitrogens with zero attached hydrogens (tertiary/aromatic N) is 2. The molecule has 1 aliphatic rings. The lowest BCUT2D eigenvalue weighted by atomic mass is 9.98. The van der Waals surface area contributed by atoms with Crippen LogP contribution in [-0.4, -0.2) is 41.3 Å². The summed E-state index contributed by atoms with van der Waals surface area (Å²) in [6.45, 7) is 6.04. The Morgan fingerprint density at radius 2 is 2.07 bits per heavy atom. The highest BCUT2D eigenvalue weighted by Crippen LogP contribution is 2.30. The van der Waals surface area contributed by atoms with Gasteiger partial charge in [-0.05, 0) is 31.9 Å². The number of piperidine rings is 1. The first kappa shape index (κ1) is 19.5. The van der Waals surface area contributed by atoms with Crippen molar-refractivity contribution in [3.8, 4) is 0 Å². The van der Waals surface area contributed by atoms with Gasteiger partial charge < -0.3 is 10.2 Å². The zero-order chi connectivity index (χ0) is 19.2. The maximum Gasteiger partial charge on any atom is 0.253 e. The van der Waals surface area contributed by atoms with Crippen LogP contribution in [0.1, 0.15) is 58.7 Å². The normalized spacial score (nSPS) is 17.0. The van der Waals surface area contributed by atoms with Crippen LogP contribution in [-0.2, 0) is 11.2 Å². The summed E-state index contributed by atoms with van der Waals surface area (Å²) in [5.41, 5.74) is 2.94. The van der Waals surface area contributed by atoms with Gasteiger partial charge in [-0.25, -0.2) is 4.98 Å². The molecule has 1 saturated heterocycles. The number of likely N-dealkylation sites (tertiary alicyclic amines) is 1. The van der Waals surface area contributed by atoms with Crippen molar-refractivity contribution in [2.24, 2.45) is 0 Å². The number of hydrogen-bond acceptors (Lipinski definition) is 4. The van der Waals surface area contributed by atoms with Crippen molar-refractivity contribution in [1.82, 2.24) is 15.2 Å². The van der Waals surface area contributed by atoms with E-state index in [1.807, 2.05) is 43.0 Å². The molecule has 0 radical (unpaired) electrons. The van der Waals surface area contributed by atoms with E-state index in [1.54, 1.807) is 11.3 Å². The summed E-state index contributed by atoms with van der Waals surface area (Å²) in [6.07, 6.45) is 3.33. The van der Waals surface area contributed by atoms with Gasteiger partial charge in [0.1, 0.15) is 0 Å². The maximum atomic E-state index is 12.8. The number of aryl methyl sites for hydroxylation is 1. The van der Waals surface area contributed by atoms with Gasteiger partial charge >= 0.3 is 0 Å². The quantitative estimate of drug-likeness (QED) is 0.827. The number of carbonyl (C=O) groups excluding carboxylic acids is 2. The molecule has 0 saturated carbocycles. The van der Waals surface area contributed by atoms with Gasteiger partial charge in [0.05, 0.1) is 10.7 Å². The van der Waals surface area contributed by atoms with Gasteiger partial charge in [-0.1, -0.05) is 24.6 Å². The molecular formula is C21H27N3O2S. The molecule has 0 spiro atoms. The third-order valence-electron chi connectivity index (χ3n) is 4.95. The summed E-state index contributed by atoms with van der Waals surface area (Å²) in [5.74, 6) is 0.485. The summed E-state index contributed by atoms with van der Waals surface area (Å²) in [7, 11) is 0. The standard InChI is InChI=1S/C21H27N3O2S/c1-3-19(25)22-11-10-18-14-27-20(23-18)17-5-4-12-24(13-17)21(26)16-8-6-15(2)7-9-16/h6-9,14,17H,3-5,10-13H2,1-2H3,(H,22,25)/t17-/m1/s1. The summed E-state index contributed by atoms with van der Waals surface area (Å²) >= 11 is 1.67. The zero-order valence-corrected chi connectivity index (χ0v) is 16.8. The van der Waals surface area contributed by atoms with Crippen LogP contribution in [0.3, 0.4) is 0 Å². The van der Waals surface area contributed by atoms with E-state index in [1.165, 1.54) is 0 Å². The molecule has 5 nitrogen and oxygen atoms in total. The molecular weight excluding hydrogens is 358 g/mol. The van der Waals surface area contributed by atoms with E-state index < -0.39 is 0 Å². The van der Waals surface area contributed by atoms with E-state index in [4.69, 9.17) is 4.98 Å². The van der Waals surface area contributed by atoms with Crippen molar-refractivity contribution in [3.63, 3.8) is 0 Å². The Kier molecular flexibility index (Phi) is 6.61. The van der Waals surface area contributed by atoms with Crippen molar-refractivity contribution in [2.75, 3.05) is 19.6 Å². The second-order valence-corrected chi connectivity index (χ2v) is 7.98. The average Bonchev–Trinajstić information content (AvgIpc) is 3.17. The van der Waals surface area contributed by atoms with E-state index in [2.05, 4.69) is 10.7 Å². The van der Waals surface area contributed by atoms with Gasteiger partial charge in [-0.2, -0.15) is 0 Å². The third kappa shape index (κ3) is 5.16. The van der Waals surface area contributed by atoms with Crippen LogP contribution in [0.25, 0.3) is 0 Å². The molecule has 2 amide bonds. The van der Waals surface area contributed by atoms with Crippen LogP contribution in [0.15, 0.2) is 29.6 Å². The Hall–Kier alpha value is -2.21. The second-order valence-electron chi connectivity index (χ2n) is 7.09. The van der Waals surface area contributed by atoms with Crippen molar-refractivity contribution in [2.45, 2.75) is 45.4 Å². The van der Waals surface area contributed by atoms with Crippen LogP contribution in [0.4, 0.5) is 0 Å². The van der Waals surface area contributed by atoms with Crippen LogP contribution in [0.5, 0.6) is 0 Å². The Morgan fingerprint density at radius 1 is 1.30 bits per heavy atom. The molecule has 1 fully saturated rings. The van der Waals surface area contributed by atoms with Gasteiger partial charge in [-0.3, -0.25) is 9.59 Å². The molecule has 1 aromatic carbocycles. The van der Waals surface area contributed by atoms with Gasteiger partial charge in [0.15, 0.2) is 0 Å². The fourth-order valence-electron chi connectivity index (χ4n) is 3.32. The van der Waals surface area contributed by atoms with E-state index >= 15 is 0 Å². The van der Waals surface area contributed by atoms with Crippen molar-refractivity contribution in [1.29, 1.82) is 0 Å². The van der Waals surface area contributed by atoms with Crippen molar-refractivity contribution >= 4 is 23.2 Å². The van der Waals surface area contributed by atoms with E-state index in [0.29, 0.717) is 18.9 Å². The SMILES string of the molecule is CCC(=O)NCCc1csc([C@@H]2CCCN(C(=O)c3ccc(C)cc3)C2)n1. The number of thiazole rings is 1. The molecule has 2 heterocycles. The fraction of sp³-hybridized carbons (Fsp3) is 0.476. The van der Waals surface area contributed by atoms with E-state index in [-0.39, 0.29) is 11.8 Å². The van der Waals surface area contributed by atoms with Gasteiger partial charge in [0.2, 0.25) is 5.91 Å². The van der Waals surface area contributed by atoms with Crippen molar-refractivity contribution < 1.29 is 9.59 Å². The molecule has 1 atom stereocenters. The second kappa shape index (κ2) is 9.13. The number of rotatable bonds is 6. The molecule has 0 aliphatic carbocycles. The van der Waals surface area contributed by atoms with Gasteiger partial charge in [-0.15, -0.1) is 11.3 Å². The predicted molar refractivity (Wildman–Crippen MR) is 108 cm³/mol. The molecule has 144 valence electrons. The average molecular weight is 386 g/mol. The predicted octanol–water partition coefficient (Wildman–Crippen LogP) is 3.54. The first-order valence-electron chi connectivity index (χ1n) is 9.63. The van der Waals surface area contributed by atoms with Crippen LogP contribution in [0, 0.1) is 6.92 Å². The zero-order valence-electron chi connectivity index (χ0n) is 16.0. The Labute approximate surface area is 164 Å². The highest BCUT2D eigenvalue weighted by Gasteiger charge is 2.27. The monoisotopic (exact) mass is 385 g/mol. The minimum absolute atomic E-state index is 0.0722. The highest BCUT2D eigenvalue weighted by atomic mass is 32.1. The lowest BCUT2D eigenvalue weighted by molar-refractivity contribution is -0.120. The highest BCUT2D eigenvalue weighted by molar-refractivity contribution is 7.09. The summed E-state index contributed by atoms with van der Waals surface area (Å²) in [5, 5.41) is 6.07. The number of nitrogens with one attached hydrogen (secondary N) is 1. The summed E-state index contributed by atoms with van der Waals surface area (Å²) < 4.78 is 0. The largest absolute Gasteiger partial charge is 0.356 e. The van der Waals surface area contributed by atoms with Crippen LogP contribution in [0.2, 0.25) is 0 Å². The summed E-state index contributed by atoms with van der Waals surface area (Å²) in [4.78, 5) is 30.8. The molecule has 1 aromatic heterocycles. The topological polar surface area (TPSA) is 62.3 Å². The smallest absolute Gasteiger partial charge is 0.253 e. The number of hydrogen-bond donors (Lipinski definition) is 1. The van der Waals surface area contributed by atoms with Crippen LogP contribution < -0.4 is 5.32 Å². The molecule has 1 aliphatic heterocycles. The molecule has 1 N–H and O–H groups in total. The molecule has 0 bridgehead atoms. The van der Waals surface area contributed by atoms with Crippen LogP contribution >= 0.6 is 11.3 Å². The minimum Gasteiger partial charge on any atom is -0.356 e. The first-order valence-corrected chi connectivity index (χ1v) is 10.5. The molecule has 6 heteroatoms. The molecule has 3 rings (SSSR count). The number of aromatic nitrogens is 1. The van der Waals surface area contributed by atoms with Gasteiger partial charge in [0, 0.05) is 49.3 Å². The third-order valence-corrected chi connectivity index (χ3v) is 6.01. The number of carbonyl (C=O) groups is 2. The molecule has 2 aromatic rings. The Balaban J connectivity index is 1.58. The first-order chi connectivity index (χ1) is 13.1. The van der Waals surface area contributed by atoms with E-state index in [0.717, 1.165) is 54.2 Å². The molecule has 0 unspecified atom stereocenters. The maximum absolute atomic E-state index is 12.8. The lowest BCUT2D eigenvalue weighted by Crippen LogP contribution is -2.39. The number of amides is 2. The Bertz CT molecular complexity index is 785. The minimum atomic E-state index is 0.0722.